The monoisotopic (exact) mass is 505 g/mol. The Balaban J connectivity index is 1.59. The molecule has 0 unspecified atom stereocenters. The van der Waals surface area contributed by atoms with Crippen molar-refractivity contribution in [3.05, 3.63) is 86.9 Å². The second kappa shape index (κ2) is 11.6. The van der Waals surface area contributed by atoms with E-state index in [2.05, 4.69) is 15.8 Å². The van der Waals surface area contributed by atoms with Crippen molar-refractivity contribution in [1.29, 1.82) is 0 Å². The number of amides is 2. The molecule has 33 heavy (non-hydrogen) atoms. The van der Waals surface area contributed by atoms with Gasteiger partial charge in [0.1, 0.15) is 6.61 Å². The first-order valence-electron chi connectivity index (χ1n) is 9.51. The molecule has 3 aromatic rings. The Kier molecular flexibility index (Phi) is 8.54. The Morgan fingerprint density at radius 3 is 2.48 bits per heavy atom. The summed E-state index contributed by atoms with van der Waals surface area (Å²) in [5.74, 6) is -0.951. The number of methoxy groups -OCH3 is 1. The predicted molar refractivity (Wildman–Crippen MR) is 130 cm³/mol. The van der Waals surface area contributed by atoms with Gasteiger partial charge in [-0.3, -0.25) is 9.59 Å². The van der Waals surface area contributed by atoms with Crippen molar-refractivity contribution < 1.29 is 19.1 Å². The van der Waals surface area contributed by atoms with Crippen LogP contribution in [0, 0.1) is 0 Å². The van der Waals surface area contributed by atoms with Gasteiger partial charge in [-0.15, -0.1) is 0 Å². The molecule has 0 atom stereocenters. The first kappa shape index (κ1) is 24.4. The molecule has 0 aliphatic carbocycles. The molecule has 0 aliphatic rings. The van der Waals surface area contributed by atoms with Gasteiger partial charge in [-0.25, -0.2) is 5.43 Å². The van der Waals surface area contributed by atoms with Crippen LogP contribution in [0.4, 0.5) is 5.69 Å². The lowest BCUT2D eigenvalue weighted by atomic mass is 10.2. The Morgan fingerprint density at radius 1 is 0.939 bits per heavy atom. The van der Waals surface area contributed by atoms with Crippen molar-refractivity contribution in [2.45, 2.75) is 6.61 Å². The molecule has 0 radical (unpaired) electrons. The number of rotatable bonds is 7. The van der Waals surface area contributed by atoms with Crippen molar-refractivity contribution in [2.24, 2.45) is 5.10 Å². The summed E-state index contributed by atoms with van der Waals surface area (Å²) in [6.45, 7) is 0.269. The van der Waals surface area contributed by atoms with Crippen molar-refractivity contribution >= 4 is 58.5 Å². The summed E-state index contributed by atoms with van der Waals surface area (Å²) in [6.07, 6.45) is 1.36. The van der Waals surface area contributed by atoms with Crippen LogP contribution >= 0.6 is 34.8 Å². The average Bonchev–Trinajstić information content (AvgIpc) is 2.81. The normalized spacial score (nSPS) is 10.7. The number of carbonyl (C=O) groups excluding carboxylic acids is 2. The highest BCUT2D eigenvalue weighted by molar-refractivity contribution is 6.42. The first-order valence-corrected chi connectivity index (χ1v) is 10.6. The zero-order valence-corrected chi connectivity index (χ0v) is 19.5. The van der Waals surface area contributed by atoms with E-state index in [-0.39, 0.29) is 17.3 Å². The number of nitrogens with zero attached hydrogens (tertiary/aromatic N) is 1. The van der Waals surface area contributed by atoms with Crippen LogP contribution in [0.15, 0.2) is 65.8 Å². The molecule has 10 heteroatoms. The van der Waals surface area contributed by atoms with E-state index in [9.17, 15) is 9.59 Å². The summed E-state index contributed by atoms with van der Waals surface area (Å²) in [7, 11) is 1.51. The molecule has 0 saturated carbocycles. The van der Waals surface area contributed by atoms with E-state index in [0.29, 0.717) is 27.1 Å². The lowest BCUT2D eigenvalue weighted by Gasteiger charge is -2.12. The Hall–Kier alpha value is -3.26. The van der Waals surface area contributed by atoms with Crippen molar-refractivity contribution in [2.75, 3.05) is 12.4 Å². The fourth-order valence-electron chi connectivity index (χ4n) is 2.64. The van der Waals surface area contributed by atoms with E-state index in [1.165, 1.54) is 25.5 Å². The lowest BCUT2D eigenvalue weighted by molar-refractivity contribution is -0.136. The van der Waals surface area contributed by atoms with E-state index in [1.54, 1.807) is 30.3 Å². The maximum atomic E-state index is 12.0. The number of halogens is 3. The smallest absolute Gasteiger partial charge is 0.329 e. The van der Waals surface area contributed by atoms with Gasteiger partial charge in [0.2, 0.25) is 0 Å². The largest absolute Gasteiger partial charge is 0.493 e. The summed E-state index contributed by atoms with van der Waals surface area (Å²) in [6, 6.07) is 17.0. The number of carbonyl (C=O) groups is 2. The molecule has 0 heterocycles. The van der Waals surface area contributed by atoms with Gasteiger partial charge in [0.05, 0.1) is 24.0 Å². The third-order valence-electron chi connectivity index (χ3n) is 4.29. The van der Waals surface area contributed by atoms with Gasteiger partial charge < -0.3 is 14.8 Å². The highest BCUT2D eigenvalue weighted by Gasteiger charge is 2.15. The summed E-state index contributed by atoms with van der Waals surface area (Å²) in [5.41, 5.74) is 3.81. The van der Waals surface area contributed by atoms with Gasteiger partial charge in [0.25, 0.3) is 0 Å². The predicted octanol–water partition coefficient (Wildman–Crippen LogP) is 5.32. The molecule has 2 N–H and O–H groups in total. The average molecular weight is 507 g/mol. The summed E-state index contributed by atoms with van der Waals surface area (Å²) >= 11 is 18.0. The first-order chi connectivity index (χ1) is 15.9. The Bertz CT molecular complexity index is 1200. The minimum atomic E-state index is -0.978. The van der Waals surface area contributed by atoms with Gasteiger partial charge in [0, 0.05) is 15.6 Å². The summed E-state index contributed by atoms with van der Waals surface area (Å²) in [5, 5.41) is 7.38. The highest BCUT2D eigenvalue weighted by atomic mass is 35.5. The summed E-state index contributed by atoms with van der Waals surface area (Å²) < 4.78 is 11.2. The Morgan fingerprint density at radius 2 is 1.73 bits per heavy atom. The van der Waals surface area contributed by atoms with Crippen LogP contribution in [0.3, 0.4) is 0 Å². The second-order valence-corrected chi connectivity index (χ2v) is 7.82. The summed E-state index contributed by atoms with van der Waals surface area (Å²) in [4.78, 5) is 24.0. The molecule has 170 valence electrons. The zero-order chi connectivity index (χ0) is 23.8. The number of benzene rings is 3. The van der Waals surface area contributed by atoms with E-state index in [1.807, 2.05) is 18.2 Å². The van der Waals surface area contributed by atoms with Crippen LogP contribution in [0.1, 0.15) is 11.1 Å². The molecule has 2 amide bonds. The molecule has 3 aromatic carbocycles. The number of anilines is 1. The molecule has 3 rings (SSSR count). The van der Waals surface area contributed by atoms with Gasteiger partial charge in [-0.05, 0) is 48.0 Å². The van der Waals surface area contributed by atoms with Crippen LogP contribution < -0.4 is 20.2 Å². The topological polar surface area (TPSA) is 89.0 Å². The van der Waals surface area contributed by atoms with Crippen molar-refractivity contribution in [3.63, 3.8) is 0 Å². The quantitative estimate of drug-likeness (QED) is 0.258. The number of hydrazone groups is 1. The highest BCUT2D eigenvalue weighted by Crippen LogP contribution is 2.29. The fourth-order valence-corrected chi connectivity index (χ4v) is 3.17. The van der Waals surface area contributed by atoms with E-state index in [4.69, 9.17) is 44.3 Å². The third kappa shape index (κ3) is 6.86. The van der Waals surface area contributed by atoms with Crippen molar-refractivity contribution in [3.8, 4) is 11.5 Å². The molecule has 0 fully saturated rings. The van der Waals surface area contributed by atoms with Gasteiger partial charge in [-0.1, -0.05) is 53.0 Å². The van der Waals surface area contributed by atoms with Gasteiger partial charge in [-0.2, -0.15) is 5.10 Å². The van der Waals surface area contributed by atoms with Gasteiger partial charge in [0.15, 0.2) is 11.5 Å². The standard InChI is InChI=1S/C23H18Cl3N3O4/c1-32-21-10-14(6-9-20(21)33-13-15-4-2-3-5-17(15)25)12-27-29-23(31)22(30)28-19-11-16(24)7-8-18(19)26/h2-12H,13H2,1H3,(H,28,30)(H,29,31)/b27-12+. The van der Waals surface area contributed by atoms with Crippen molar-refractivity contribution in [1.82, 2.24) is 5.43 Å². The second-order valence-electron chi connectivity index (χ2n) is 6.57. The third-order valence-corrected chi connectivity index (χ3v) is 5.22. The van der Waals surface area contributed by atoms with Crippen LogP contribution in [-0.2, 0) is 16.2 Å². The molecule has 7 nitrogen and oxygen atoms in total. The van der Waals surface area contributed by atoms with Crippen LogP contribution in [0.2, 0.25) is 15.1 Å². The molecule has 0 saturated heterocycles. The zero-order valence-electron chi connectivity index (χ0n) is 17.3. The number of hydrogen-bond donors (Lipinski definition) is 2. The molecule has 0 spiro atoms. The molecular formula is C23H18Cl3N3O4. The lowest BCUT2D eigenvalue weighted by Crippen LogP contribution is -2.32. The van der Waals surface area contributed by atoms with Gasteiger partial charge >= 0.3 is 11.8 Å². The van der Waals surface area contributed by atoms with Crippen LogP contribution in [0.25, 0.3) is 0 Å². The number of nitrogens with one attached hydrogen (secondary N) is 2. The maximum Gasteiger partial charge on any atom is 0.329 e. The molecule has 0 aliphatic heterocycles. The SMILES string of the molecule is COc1cc(/C=N/NC(=O)C(=O)Nc2cc(Cl)ccc2Cl)ccc1OCc1ccccc1Cl. The van der Waals surface area contributed by atoms with E-state index < -0.39 is 11.8 Å². The van der Waals surface area contributed by atoms with Crippen LogP contribution in [0.5, 0.6) is 11.5 Å². The maximum absolute atomic E-state index is 12.0. The number of hydrogen-bond acceptors (Lipinski definition) is 5. The molecule has 0 aromatic heterocycles. The van der Waals surface area contributed by atoms with E-state index in [0.717, 1.165) is 5.56 Å². The van der Waals surface area contributed by atoms with Crippen LogP contribution in [-0.4, -0.2) is 25.1 Å². The minimum absolute atomic E-state index is 0.213. The Labute approximate surface area is 205 Å². The molecule has 0 bridgehead atoms. The van der Waals surface area contributed by atoms with E-state index >= 15 is 0 Å². The minimum Gasteiger partial charge on any atom is -0.493 e. The fraction of sp³-hybridized carbons (Fsp3) is 0.0870. The number of ether oxygens (including phenoxy) is 2. The molecular weight excluding hydrogens is 489 g/mol.